The van der Waals surface area contributed by atoms with Crippen LogP contribution in [0, 0.1) is 5.41 Å². The predicted molar refractivity (Wildman–Crippen MR) is 81.4 cm³/mol. The highest BCUT2D eigenvalue weighted by Crippen LogP contribution is 2.31. The van der Waals surface area contributed by atoms with Crippen molar-refractivity contribution in [3.05, 3.63) is 0 Å². The van der Waals surface area contributed by atoms with Gasteiger partial charge in [0.25, 0.3) is 0 Å². The van der Waals surface area contributed by atoms with E-state index in [0.717, 1.165) is 11.7 Å². The Bertz CT molecular complexity index is 317. The summed E-state index contributed by atoms with van der Waals surface area (Å²) < 4.78 is 0. The minimum absolute atomic E-state index is 0.220. The monoisotopic (exact) mass is 269 g/mol. The van der Waals surface area contributed by atoms with Crippen LogP contribution in [0.1, 0.15) is 40.0 Å². The Balaban J connectivity index is 1.90. The average molecular weight is 269 g/mol. The molecule has 0 aromatic rings. The molecule has 4 heteroatoms. The van der Waals surface area contributed by atoms with Crippen molar-refractivity contribution in [3.8, 4) is 0 Å². The first-order chi connectivity index (χ1) is 8.39. The van der Waals surface area contributed by atoms with Gasteiger partial charge in [-0.1, -0.05) is 18.7 Å². The molecule has 2 heterocycles. The lowest BCUT2D eigenvalue weighted by molar-refractivity contribution is 0.147. The lowest BCUT2D eigenvalue weighted by Gasteiger charge is -2.37. The standard InChI is InChI=1S/C14H27N3S/c1-13(2)7-10-18-12(16-13)15-11-14(3)5-8-17(4)9-6-14/h5-11H2,1-4H3,(H,15,16). The predicted octanol–water partition coefficient (Wildman–Crippen LogP) is 2.58. The Morgan fingerprint density at radius 3 is 2.50 bits per heavy atom. The van der Waals surface area contributed by atoms with Crippen molar-refractivity contribution in [2.24, 2.45) is 10.4 Å². The first-order valence-electron chi connectivity index (χ1n) is 7.03. The van der Waals surface area contributed by atoms with Crippen LogP contribution in [-0.2, 0) is 0 Å². The molecule has 104 valence electrons. The fourth-order valence-corrected chi connectivity index (χ4v) is 3.77. The number of nitrogens with zero attached hydrogens (tertiary/aromatic N) is 2. The summed E-state index contributed by atoms with van der Waals surface area (Å²) >= 11 is 1.88. The average Bonchev–Trinajstić information content (AvgIpc) is 2.30. The van der Waals surface area contributed by atoms with E-state index < -0.39 is 0 Å². The van der Waals surface area contributed by atoms with Crippen molar-refractivity contribution < 1.29 is 0 Å². The van der Waals surface area contributed by atoms with Crippen LogP contribution in [-0.4, -0.2) is 48.0 Å². The number of hydrogen-bond donors (Lipinski definition) is 1. The number of aliphatic imine (C=N–C) groups is 1. The van der Waals surface area contributed by atoms with Gasteiger partial charge in [-0.05, 0) is 58.7 Å². The van der Waals surface area contributed by atoms with Crippen molar-refractivity contribution >= 4 is 16.9 Å². The zero-order chi connectivity index (χ0) is 13.2. The highest BCUT2D eigenvalue weighted by molar-refractivity contribution is 8.13. The molecule has 0 unspecified atom stereocenters. The van der Waals surface area contributed by atoms with E-state index in [1.54, 1.807) is 0 Å². The summed E-state index contributed by atoms with van der Waals surface area (Å²) in [5, 5.41) is 4.72. The van der Waals surface area contributed by atoms with Crippen LogP contribution in [0.2, 0.25) is 0 Å². The van der Waals surface area contributed by atoms with Gasteiger partial charge in [0.15, 0.2) is 5.17 Å². The van der Waals surface area contributed by atoms with Crippen molar-refractivity contribution in [2.75, 3.05) is 32.4 Å². The number of likely N-dealkylation sites (tertiary alicyclic amines) is 1. The van der Waals surface area contributed by atoms with Crippen LogP contribution in [0.25, 0.3) is 0 Å². The van der Waals surface area contributed by atoms with Crippen LogP contribution in [0.4, 0.5) is 0 Å². The first kappa shape index (κ1) is 14.2. The number of hydrogen-bond acceptors (Lipinski definition) is 3. The minimum Gasteiger partial charge on any atom is -0.360 e. The molecular formula is C14H27N3S. The third-order valence-electron chi connectivity index (χ3n) is 4.21. The summed E-state index contributed by atoms with van der Waals surface area (Å²) in [5.74, 6) is 1.19. The van der Waals surface area contributed by atoms with Gasteiger partial charge in [0.2, 0.25) is 0 Å². The number of piperidine rings is 1. The molecule has 0 atom stereocenters. The van der Waals surface area contributed by atoms with E-state index in [-0.39, 0.29) is 5.54 Å². The SMILES string of the molecule is CN1CCC(C)(CN=C2NC(C)(C)CCS2)CC1. The molecule has 0 aromatic carbocycles. The summed E-state index contributed by atoms with van der Waals surface area (Å²) in [6, 6.07) is 0. The number of thioether (sulfide) groups is 1. The van der Waals surface area contributed by atoms with Crippen LogP contribution < -0.4 is 5.32 Å². The Morgan fingerprint density at radius 1 is 1.22 bits per heavy atom. The topological polar surface area (TPSA) is 27.6 Å². The molecule has 2 saturated heterocycles. The molecule has 2 rings (SSSR count). The summed E-state index contributed by atoms with van der Waals surface area (Å²) in [6.07, 6.45) is 3.77. The maximum atomic E-state index is 4.85. The third-order valence-corrected chi connectivity index (χ3v) is 5.12. The van der Waals surface area contributed by atoms with Crippen molar-refractivity contribution in [1.82, 2.24) is 10.2 Å². The fraction of sp³-hybridized carbons (Fsp3) is 0.929. The summed E-state index contributed by atoms with van der Waals surface area (Å²) in [5.41, 5.74) is 0.626. The quantitative estimate of drug-likeness (QED) is 0.835. The van der Waals surface area contributed by atoms with E-state index in [0.29, 0.717) is 5.41 Å². The Kier molecular flexibility index (Phi) is 4.27. The molecule has 3 nitrogen and oxygen atoms in total. The van der Waals surface area contributed by atoms with Crippen LogP contribution in [0.5, 0.6) is 0 Å². The van der Waals surface area contributed by atoms with Crippen LogP contribution >= 0.6 is 11.8 Å². The van der Waals surface area contributed by atoms with E-state index in [1.807, 2.05) is 11.8 Å². The smallest absolute Gasteiger partial charge is 0.156 e. The molecule has 18 heavy (non-hydrogen) atoms. The van der Waals surface area contributed by atoms with Gasteiger partial charge >= 0.3 is 0 Å². The van der Waals surface area contributed by atoms with Gasteiger partial charge in [-0.15, -0.1) is 0 Å². The van der Waals surface area contributed by atoms with Gasteiger partial charge in [0.1, 0.15) is 0 Å². The molecule has 0 saturated carbocycles. The molecule has 0 spiro atoms. The Morgan fingerprint density at radius 2 is 1.89 bits per heavy atom. The van der Waals surface area contributed by atoms with E-state index >= 15 is 0 Å². The van der Waals surface area contributed by atoms with Crippen LogP contribution in [0.15, 0.2) is 4.99 Å². The number of rotatable bonds is 2. The first-order valence-corrected chi connectivity index (χ1v) is 8.01. The molecule has 0 amide bonds. The van der Waals surface area contributed by atoms with E-state index in [4.69, 9.17) is 4.99 Å². The van der Waals surface area contributed by atoms with Gasteiger partial charge in [0, 0.05) is 17.8 Å². The summed E-state index contributed by atoms with van der Waals surface area (Å²) in [7, 11) is 2.21. The van der Waals surface area contributed by atoms with Gasteiger partial charge in [-0.2, -0.15) is 0 Å². The van der Waals surface area contributed by atoms with Gasteiger partial charge in [0.05, 0.1) is 0 Å². The molecule has 1 N–H and O–H groups in total. The van der Waals surface area contributed by atoms with Crippen molar-refractivity contribution in [3.63, 3.8) is 0 Å². The molecule has 2 aliphatic heterocycles. The number of amidine groups is 1. The van der Waals surface area contributed by atoms with Gasteiger partial charge in [-0.25, -0.2) is 0 Å². The summed E-state index contributed by atoms with van der Waals surface area (Å²) in [6.45, 7) is 10.3. The molecule has 0 bridgehead atoms. The minimum atomic E-state index is 0.220. The van der Waals surface area contributed by atoms with E-state index in [1.165, 1.54) is 38.1 Å². The van der Waals surface area contributed by atoms with Crippen molar-refractivity contribution in [1.29, 1.82) is 0 Å². The fourth-order valence-electron chi connectivity index (χ4n) is 2.46. The number of nitrogens with one attached hydrogen (secondary N) is 1. The molecule has 2 fully saturated rings. The van der Waals surface area contributed by atoms with Gasteiger partial charge in [-0.3, -0.25) is 4.99 Å². The van der Waals surface area contributed by atoms with E-state index in [2.05, 4.69) is 38.0 Å². The lowest BCUT2D eigenvalue weighted by atomic mass is 9.80. The second kappa shape index (κ2) is 5.41. The second-order valence-corrected chi connectivity index (χ2v) is 7.93. The Hall–Kier alpha value is -0.220. The second-order valence-electron chi connectivity index (χ2n) is 6.84. The Labute approximate surface area is 116 Å². The molecule has 0 aromatic heterocycles. The molecule has 0 aliphatic carbocycles. The highest BCUT2D eigenvalue weighted by Gasteiger charge is 2.30. The van der Waals surface area contributed by atoms with E-state index in [9.17, 15) is 0 Å². The largest absolute Gasteiger partial charge is 0.360 e. The highest BCUT2D eigenvalue weighted by atomic mass is 32.2. The van der Waals surface area contributed by atoms with Crippen molar-refractivity contribution in [2.45, 2.75) is 45.6 Å². The zero-order valence-corrected chi connectivity index (χ0v) is 13.1. The normalized spacial score (nSPS) is 30.1. The lowest BCUT2D eigenvalue weighted by Crippen LogP contribution is -2.46. The molecule has 0 radical (unpaired) electrons. The molecular weight excluding hydrogens is 242 g/mol. The third kappa shape index (κ3) is 3.89. The molecule has 2 aliphatic rings. The maximum absolute atomic E-state index is 4.85. The van der Waals surface area contributed by atoms with Gasteiger partial charge < -0.3 is 10.2 Å². The maximum Gasteiger partial charge on any atom is 0.156 e. The zero-order valence-electron chi connectivity index (χ0n) is 12.3. The summed E-state index contributed by atoms with van der Waals surface area (Å²) in [4.78, 5) is 7.27. The van der Waals surface area contributed by atoms with Crippen LogP contribution in [0.3, 0.4) is 0 Å².